The second kappa shape index (κ2) is 13.9. The van der Waals surface area contributed by atoms with E-state index in [-0.39, 0.29) is 35.8 Å². The number of guanidine groups is 1. The molecule has 0 aromatic heterocycles. The molecular formula is C18H39IN4O3S. The first-order chi connectivity index (χ1) is 12.2. The summed E-state index contributed by atoms with van der Waals surface area (Å²) in [6, 6.07) is 0.454. The van der Waals surface area contributed by atoms with Crippen LogP contribution < -0.4 is 10.6 Å². The highest BCUT2D eigenvalue weighted by Crippen LogP contribution is 2.14. The minimum absolute atomic E-state index is 0. The fraction of sp³-hybridized carbons (Fsp3) is 0.944. The topological polar surface area (TPSA) is 83.0 Å². The minimum Gasteiger partial charge on any atom is -0.379 e. The van der Waals surface area contributed by atoms with E-state index in [0.29, 0.717) is 18.4 Å². The number of rotatable bonds is 10. The molecule has 1 heterocycles. The lowest BCUT2D eigenvalue weighted by Crippen LogP contribution is -2.47. The molecule has 1 saturated heterocycles. The Labute approximate surface area is 183 Å². The summed E-state index contributed by atoms with van der Waals surface area (Å²) >= 11 is 0. The smallest absolute Gasteiger partial charge is 0.191 e. The Morgan fingerprint density at radius 2 is 1.85 bits per heavy atom. The van der Waals surface area contributed by atoms with Crippen LogP contribution in [-0.4, -0.2) is 82.8 Å². The zero-order valence-electron chi connectivity index (χ0n) is 17.5. The summed E-state index contributed by atoms with van der Waals surface area (Å²) in [6.07, 6.45) is 2.95. The number of hydrogen-bond donors (Lipinski definition) is 2. The van der Waals surface area contributed by atoms with Crippen molar-refractivity contribution >= 4 is 39.8 Å². The summed E-state index contributed by atoms with van der Waals surface area (Å²) < 4.78 is 28.2. The van der Waals surface area contributed by atoms with Crippen molar-refractivity contribution in [2.75, 3.05) is 51.4 Å². The molecule has 0 aromatic carbocycles. The van der Waals surface area contributed by atoms with Gasteiger partial charge in [0.2, 0.25) is 0 Å². The average Bonchev–Trinajstić information content (AvgIpc) is 2.56. The molecule has 1 rings (SSSR count). The summed E-state index contributed by atoms with van der Waals surface area (Å²) in [5.41, 5.74) is 0. The normalized spacial score (nSPS) is 18.7. The van der Waals surface area contributed by atoms with E-state index in [1.165, 1.54) is 6.26 Å². The molecule has 9 heteroatoms. The lowest BCUT2D eigenvalue weighted by Gasteiger charge is -2.34. The highest BCUT2D eigenvalue weighted by Gasteiger charge is 2.22. The SMILES string of the molecule is CCNC(=NCC(CC(C)C)N1CCOCC1)NC(C)CCS(C)(=O)=O.I. The number of hydrogen-bond acceptors (Lipinski definition) is 5. The number of nitrogens with one attached hydrogen (secondary N) is 2. The van der Waals surface area contributed by atoms with Gasteiger partial charge in [0.05, 0.1) is 25.5 Å². The van der Waals surface area contributed by atoms with E-state index in [1.807, 2.05) is 13.8 Å². The summed E-state index contributed by atoms with van der Waals surface area (Å²) in [5.74, 6) is 1.56. The monoisotopic (exact) mass is 518 g/mol. The fourth-order valence-corrected chi connectivity index (χ4v) is 3.82. The lowest BCUT2D eigenvalue weighted by molar-refractivity contribution is 0.0143. The number of halogens is 1. The first-order valence-corrected chi connectivity index (χ1v) is 11.8. The largest absolute Gasteiger partial charge is 0.379 e. The Hall–Kier alpha value is -0.130. The molecule has 2 unspecified atom stereocenters. The number of aliphatic imine (C=N–C) groups is 1. The fourth-order valence-electron chi connectivity index (χ4n) is 3.04. The highest BCUT2D eigenvalue weighted by molar-refractivity contribution is 14.0. The van der Waals surface area contributed by atoms with Crippen LogP contribution in [-0.2, 0) is 14.6 Å². The first-order valence-electron chi connectivity index (χ1n) is 9.75. The van der Waals surface area contributed by atoms with Crippen molar-refractivity contribution in [3.63, 3.8) is 0 Å². The molecule has 0 radical (unpaired) electrons. The zero-order chi connectivity index (χ0) is 19.6. The summed E-state index contributed by atoms with van der Waals surface area (Å²) in [7, 11) is -2.94. The number of nitrogens with zero attached hydrogens (tertiary/aromatic N) is 2. The van der Waals surface area contributed by atoms with Gasteiger partial charge in [0.25, 0.3) is 0 Å². The van der Waals surface area contributed by atoms with Crippen LogP contribution in [0, 0.1) is 5.92 Å². The van der Waals surface area contributed by atoms with Gasteiger partial charge in [0, 0.05) is 38.0 Å². The Balaban J connectivity index is 0.00000676. The zero-order valence-corrected chi connectivity index (χ0v) is 20.7. The van der Waals surface area contributed by atoms with E-state index in [0.717, 1.165) is 51.8 Å². The Morgan fingerprint density at radius 1 is 1.22 bits per heavy atom. The minimum atomic E-state index is -2.94. The molecule has 0 amide bonds. The van der Waals surface area contributed by atoms with E-state index >= 15 is 0 Å². The van der Waals surface area contributed by atoms with Crippen LogP contribution in [0.2, 0.25) is 0 Å². The van der Waals surface area contributed by atoms with Crippen LogP contribution in [0.1, 0.15) is 40.5 Å². The molecule has 0 spiro atoms. The Bertz CT molecular complexity index is 523. The molecule has 27 heavy (non-hydrogen) atoms. The Kier molecular flexibility index (Phi) is 13.9. The van der Waals surface area contributed by atoms with Crippen molar-refractivity contribution < 1.29 is 13.2 Å². The maximum absolute atomic E-state index is 11.4. The molecule has 1 aliphatic rings. The van der Waals surface area contributed by atoms with Gasteiger partial charge in [-0.25, -0.2) is 8.42 Å². The maximum Gasteiger partial charge on any atom is 0.191 e. The molecule has 0 aliphatic carbocycles. The van der Waals surface area contributed by atoms with Crippen molar-refractivity contribution in [1.29, 1.82) is 0 Å². The standard InChI is InChI=1S/C18H38N4O3S.HI/c1-6-19-18(21-16(4)7-12-26(5,23)24)20-14-17(13-15(2)3)22-8-10-25-11-9-22;/h15-17H,6-14H2,1-5H3,(H2,19,20,21);1H. The molecule has 0 aromatic rings. The van der Waals surface area contributed by atoms with Gasteiger partial charge in [-0.05, 0) is 32.6 Å². The van der Waals surface area contributed by atoms with Gasteiger partial charge in [-0.1, -0.05) is 13.8 Å². The third-order valence-electron chi connectivity index (χ3n) is 4.41. The van der Waals surface area contributed by atoms with Crippen molar-refractivity contribution in [3.05, 3.63) is 0 Å². The molecule has 162 valence electrons. The Morgan fingerprint density at radius 3 is 2.37 bits per heavy atom. The van der Waals surface area contributed by atoms with Crippen LogP contribution in [0.25, 0.3) is 0 Å². The quantitative estimate of drug-likeness (QED) is 0.261. The van der Waals surface area contributed by atoms with Gasteiger partial charge in [0.15, 0.2) is 5.96 Å². The number of sulfone groups is 1. The van der Waals surface area contributed by atoms with Gasteiger partial charge in [0.1, 0.15) is 9.84 Å². The number of ether oxygens (including phenoxy) is 1. The molecule has 1 fully saturated rings. The van der Waals surface area contributed by atoms with Crippen LogP contribution in [0.3, 0.4) is 0 Å². The molecule has 0 saturated carbocycles. The molecular weight excluding hydrogens is 479 g/mol. The summed E-state index contributed by atoms with van der Waals surface area (Å²) in [4.78, 5) is 7.26. The van der Waals surface area contributed by atoms with Gasteiger partial charge in [-0.2, -0.15) is 0 Å². The van der Waals surface area contributed by atoms with E-state index < -0.39 is 9.84 Å². The highest BCUT2D eigenvalue weighted by atomic mass is 127. The third-order valence-corrected chi connectivity index (χ3v) is 5.39. The number of morpholine rings is 1. The maximum atomic E-state index is 11.4. The third kappa shape index (κ3) is 12.8. The molecule has 7 nitrogen and oxygen atoms in total. The van der Waals surface area contributed by atoms with Gasteiger partial charge < -0.3 is 15.4 Å². The van der Waals surface area contributed by atoms with Crippen LogP contribution in [0.15, 0.2) is 4.99 Å². The molecule has 2 atom stereocenters. The van der Waals surface area contributed by atoms with E-state index in [1.54, 1.807) is 0 Å². The average molecular weight is 519 g/mol. The van der Waals surface area contributed by atoms with E-state index in [9.17, 15) is 8.42 Å². The predicted molar refractivity (Wildman–Crippen MR) is 124 cm³/mol. The van der Waals surface area contributed by atoms with Crippen molar-refractivity contribution in [1.82, 2.24) is 15.5 Å². The van der Waals surface area contributed by atoms with Gasteiger partial charge >= 0.3 is 0 Å². The lowest BCUT2D eigenvalue weighted by atomic mass is 10.0. The first kappa shape index (κ1) is 26.9. The van der Waals surface area contributed by atoms with Gasteiger partial charge in [-0.15, -0.1) is 24.0 Å². The van der Waals surface area contributed by atoms with Gasteiger partial charge in [-0.3, -0.25) is 9.89 Å². The van der Waals surface area contributed by atoms with Crippen molar-refractivity contribution in [2.45, 2.75) is 52.6 Å². The predicted octanol–water partition coefficient (Wildman–Crippen LogP) is 1.73. The van der Waals surface area contributed by atoms with Crippen LogP contribution >= 0.6 is 24.0 Å². The van der Waals surface area contributed by atoms with E-state index in [4.69, 9.17) is 9.73 Å². The van der Waals surface area contributed by atoms with Crippen molar-refractivity contribution in [3.8, 4) is 0 Å². The second-order valence-electron chi connectivity index (χ2n) is 7.62. The second-order valence-corrected chi connectivity index (χ2v) is 9.88. The molecule has 2 N–H and O–H groups in total. The summed E-state index contributed by atoms with van der Waals surface area (Å²) in [6.45, 7) is 13.5. The van der Waals surface area contributed by atoms with Crippen LogP contribution in [0.4, 0.5) is 0 Å². The molecule has 0 bridgehead atoms. The molecule has 1 aliphatic heterocycles. The van der Waals surface area contributed by atoms with Crippen molar-refractivity contribution in [2.24, 2.45) is 10.9 Å². The van der Waals surface area contributed by atoms with E-state index in [2.05, 4.69) is 29.4 Å². The summed E-state index contributed by atoms with van der Waals surface area (Å²) in [5, 5.41) is 6.60. The van der Waals surface area contributed by atoms with Crippen LogP contribution in [0.5, 0.6) is 0 Å².